The largest absolute Gasteiger partial charge is 0.426 e. The van der Waals surface area contributed by atoms with Gasteiger partial charge in [-0.3, -0.25) is 4.79 Å². The zero-order valence-electron chi connectivity index (χ0n) is 13.0. The predicted molar refractivity (Wildman–Crippen MR) is 102 cm³/mol. The molecular formula is C19H13NO2S3. The van der Waals surface area contributed by atoms with Crippen molar-refractivity contribution in [1.29, 1.82) is 0 Å². The van der Waals surface area contributed by atoms with Crippen LogP contribution in [0.15, 0.2) is 59.6 Å². The van der Waals surface area contributed by atoms with Gasteiger partial charge in [-0.25, -0.2) is 0 Å². The van der Waals surface area contributed by atoms with E-state index in [4.69, 9.17) is 17.0 Å². The van der Waals surface area contributed by atoms with Crippen molar-refractivity contribution in [3.05, 3.63) is 74.6 Å². The first kappa shape index (κ1) is 15.4. The highest BCUT2D eigenvalue weighted by Crippen LogP contribution is 2.59. The van der Waals surface area contributed by atoms with Crippen molar-refractivity contribution in [2.75, 3.05) is 0 Å². The summed E-state index contributed by atoms with van der Waals surface area (Å²) in [7, 11) is 0. The van der Waals surface area contributed by atoms with Gasteiger partial charge in [0.05, 0.1) is 16.2 Å². The number of nitrogens with one attached hydrogen (secondary N) is 1. The SMILES string of the molecule is O=C1Oc2ccccc2[C@@H]2c3sc(=S)[nH]c3S[C@H](c3ccccc3)[C@@H]12. The third-order valence-electron chi connectivity index (χ3n) is 4.72. The minimum atomic E-state index is -0.253. The van der Waals surface area contributed by atoms with E-state index < -0.39 is 0 Å². The molecule has 0 radical (unpaired) electrons. The number of thiazole rings is 1. The summed E-state index contributed by atoms with van der Waals surface area (Å²) in [6.45, 7) is 0. The van der Waals surface area contributed by atoms with Gasteiger partial charge >= 0.3 is 5.97 Å². The van der Waals surface area contributed by atoms with E-state index in [1.165, 1.54) is 0 Å². The summed E-state index contributed by atoms with van der Waals surface area (Å²) in [5.41, 5.74) is 2.20. The molecule has 0 unspecified atom stereocenters. The molecule has 2 aliphatic heterocycles. The third-order valence-corrected chi connectivity index (χ3v) is 7.54. The first-order chi connectivity index (χ1) is 12.2. The Hall–Kier alpha value is -1.89. The topological polar surface area (TPSA) is 42.1 Å². The number of hydrogen-bond donors (Lipinski definition) is 1. The van der Waals surface area contributed by atoms with Crippen LogP contribution in [0.3, 0.4) is 0 Å². The molecule has 124 valence electrons. The fourth-order valence-corrected chi connectivity index (χ4v) is 6.71. The molecule has 0 saturated carbocycles. The fraction of sp³-hybridized carbons (Fsp3) is 0.158. The average Bonchev–Trinajstić information content (AvgIpc) is 3.01. The highest BCUT2D eigenvalue weighted by atomic mass is 32.2. The molecule has 0 amide bonds. The van der Waals surface area contributed by atoms with E-state index in [1.54, 1.807) is 23.1 Å². The van der Waals surface area contributed by atoms with Gasteiger partial charge in [0, 0.05) is 16.4 Å². The molecule has 3 aromatic rings. The second-order valence-electron chi connectivity index (χ2n) is 6.12. The van der Waals surface area contributed by atoms with Gasteiger partial charge in [0.2, 0.25) is 0 Å². The van der Waals surface area contributed by atoms with E-state index in [-0.39, 0.29) is 23.1 Å². The minimum absolute atomic E-state index is 0.000180. The van der Waals surface area contributed by atoms with Crippen molar-refractivity contribution in [2.24, 2.45) is 5.92 Å². The van der Waals surface area contributed by atoms with Gasteiger partial charge in [-0.1, -0.05) is 60.3 Å². The normalized spacial score (nSPS) is 24.0. The predicted octanol–water partition coefficient (Wildman–Crippen LogP) is 5.32. The Kier molecular flexibility index (Phi) is 3.58. The van der Waals surface area contributed by atoms with Crippen molar-refractivity contribution < 1.29 is 9.53 Å². The maximum absolute atomic E-state index is 12.9. The molecule has 1 aromatic heterocycles. The Morgan fingerprint density at radius 1 is 1.04 bits per heavy atom. The number of esters is 1. The maximum Gasteiger partial charge on any atom is 0.316 e. The highest BCUT2D eigenvalue weighted by molar-refractivity contribution is 7.99. The number of thioether (sulfide) groups is 1. The number of H-pyrrole nitrogens is 1. The Bertz CT molecular complexity index is 1020. The van der Waals surface area contributed by atoms with E-state index in [0.29, 0.717) is 5.75 Å². The van der Waals surface area contributed by atoms with Gasteiger partial charge in [-0.05, 0) is 23.8 Å². The number of carbonyl (C=O) groups excluding carboxylic acids is 1. The number of ether oxygens (including phenoxy) is 1. The number of hydrogen-bond acceptors (Lipinski definition) is 5. The summed E-state index contributed by atoms with van der Waals surface area (Å²) >= 11 is 8.64. The molecule has 1 N–H and O–H groups in total. The number of benzene rings is 2. The molecule has 3 atom stereocenters. The van der Waals surface area contributed by atoms with Crippen LogP contribution in [-0.4, -0.2) is 11.0 Å². The van der Waals surface area contributed by atoms with Crippen molar-refractivity contribution in [3.63, 3.8) is 0 Å². The molecule has 5 rings (SSSR count). The third kappa shape index (κ3) is 2.39. The maximum atomic E-state index is 12.9. The molecule has 0 aliphatic carbocycles. The number of para-hydroxylation sites is 1. The van der Waals surface area contributed by atoms with E-state index in [1.807, 2.05) is 36.4 Å². The molecule has 0 fully saturated rings. The number of aromatic amines is 1. The number of carbonyl (C=O) groups is 1. The van der Waals surface area contributed by atoms with E-state index in [0.717, 1.165) is 25.0 Å². The van der Waals surface area contributed by atoms with Gasteiger partial charge in [-0.15, -0.1) is 11.3 Å². The molecule has 25 heavy (non-hydrogen) atoms. The molecule has 0 saturated heterocycles. The van der Waals surface area contributed by atoms with Crippen molar-refractivity contribution in [1.82, 2.24) is 4.98 Å². The first-order valence-corrected chi connectivity index (χ1v) is 10.1. The number of aromatic nitrogens is 1. The molecular weight excluding hydrogens is 370 g/mol. The zero-order valence-corrected chi connectivity index (χ0v) is 15.4. The smallest absolute Gasteiger partial charge is 0.316 e. The number of rotatable bonds is 1. The van der Waals surface area contributed by atoms with Gasteiger partial charge < -0.3 is 9.72 Å². The van der Waals surface area contributed by atoms with E-state index >= 15 is 0 Å². The lowest BCUT2D eigenvalue weighted by atomic mass is 9.78. The molecule has 3 heterocycles. The van der Waals surface area contributed by atoms with Crippen molar-refractivity contribution >= 4 is 41.3 Å². The van der Waals surface area contributed by atoms with Crippen LogP contribution in [0, 0.1) is 9.87 Å². The van der Waals surface area contributed by atoms with Crippen LogP contribution >= 0.6 is 35.3 Å². The summed E-state index contributed by atoms with van der Waals surface area (Å²) in [5.74, 6) is 0.237. The highest BCUT2D eigenvalue weighted by Gasteiger charge is 2.49. The van der Waals surface area contributed by atoms with Crippen LogP contribution in [0.1, 0.15) is 27.2 Å². The van der Waals surface area contributed by atoms with Crippen LogP contribution in [0.2, 0.25) is 0 Å². The van der Waals surface area contributed by atoms with Crippen LogP contribution in [0.25, 0.3) is 0 Å². The van der Waals surface area contributed by atoms with Crippen LogP contribution < -0.4 is 4.74 Å². The summed E-state index contributed by atoms with van der Waals surface area (Å²) in [6, 6.07) is 18.0. The molecule has 2 aliphatic rings. The van der Waals surface area contributed by atoms with Crippen LogP contribution in [-0.2, 0) is 4.79 Å². The Labute approximate surface area is 158 Å². The standard InChI is InChI=1S/C19H13NO2S3/c21-18-14-13(11-8-4-5-9-12(11)22-18)16-17(20-19(23)25-16)24-15(14)10-6-2-1-3-7-10/h1-9,13-15H,(H,20,23)/t13-,14-,15+/m0/s1. The molecule has 0 bridgehead atoms. The average molecular weight is 384 g/mol. The van der Waals surface area contributed by atoms with Crippen LogP contribution in [0.5, 0.6) is 5.75 Å². The monoisotopic (exact) mass is 383 g/mol. The lowest BCUT2D eigenvalue weighted by Gasteiger charge is -2.39. The summed E-state index contributed by atoms with van der Waals surface area (Å²) in [6.07, 6.45) is 0. The van der Waals surface area contributed by atoms with Crippen LogP contribution in [0.4, 0.5) is 0 Å². The molecule has 3 nitrogen and oxygen atoms in total. The second kappa shape index (κ2) is 5.83. The van der Waals surface area contributed by atoms with Gasteiger partial charge in [-0.2, -0.15) is 0 Å². The van der Waals surface area contributed by atoms with Gasteiger partial charge in [0.1, 0.15) is 5.75 Å². The van der Waals surface area contributed by atoms with E-state index in [2.05, 4.69) is 23.2 Å². The molecule has 2 aromatic carbocycles. The second-order valence-corrected chi connectivity index (χ2v) is 8.99. The summed E-state index contributed by atoms with van der Waals surface area (Å²) in [5, 5.41) is 1.08. The lowest BCUT2D eigenvalue weighted by Crippen LogP contribution is -2.37. The Morgan fingerprint density at radius 3 is 2.64 bits per heavy atom. The lowest BCUT2D eigenvalue weighted by molar-refractivity contribution is -0.140. The van der Waals surface area contributed by atoms with Gasteiger partial charge in [0.25, 0.3) is 0 Å². The fourth-order valence-electron chi connectivity index (χ4n) is 3.68. The Morgan fingerprint density at radius 2 is 1.80 bits per heavy atom. The zero-order chi connectivity index (χ0) is 17.0. The van der Waals surface area contributed by atoms with Crippen molar-refractivity contribution in [2.45, 2.75) is 16.2 Å². The quantitative estimate of drug-likeness (QED) is 0.351. The first-order valence-electron chi connectivity index (χ1n) is 7.97. The van der Waals surface area contributed by atoms with Crippen molar-refractivity contribution in [3.8, 4) is 5.75 Å². The van der Waals surface area contributed by atoms with E-state index in [9.17, 15) is 4.79 Å². The number of fused-ring (bicyclic) bond motifs is 5. The molecule has 0 spiro atoms. The molecule has 6 heteroatoms. The van der Waals surface area contributed by atoms with Gasteiger partial charge in [0.15, 0.2) is 3.95 Å². The minimum Gasteiger partial charge on any atom is -0.426 e. The summed E-state index contributed by atoms with van der Waals surface area (Å²) in [4.78, 5) is 17.4. The Balaban J connectivity index is 1.75. The summed E-state index contributed by atoms with van der Waals surface area (Å²) < 4.78 is 6.44.